The average molecular weight is 2010 g/mol. The summed E-state index contributed by atoms with van der Waals surface area (Å²) < 4.78 is 0. The lowest BCUT2D eigenvalue weighted by molar-refractivity contribution is -0.142. The standard InChI is InChI=1S/C93H132N20O26S2/c1-10-49(8)76-91(136)105-66(38-54-40-97-59-21-15-14-20-57(54)59)86(131)111-74(47(4)5)89(134)101-60(22-16-17-33-94)79(124)100-61(31-32-71(96)119)80(125)107-69(43-115)88(133)109-70(93(138)139)45-141-140-44-58(95)78(123)98-41-72(120)99-63(36-52-23-27-55(117)28-24-52)81(126)108-68(42-114)87(132)103-64(35-51-18-12-11-13-19-51)85(130)113-77(50(9)116)92(137)106-67(39-73(121)122)82(127)102-65(37-53-25-29-56(118)30-26-53)84(129)110-75(48(6)7)90(135)104-62(34-46(2)3)83(128)112-76/h11-15,18-21,23-30,40,46-50,58,60-70,74-77,97,114-118H,10,16-17,22,31-39,41-45,94-95H2,1-9H3,(H2,96,119)(H,98,123)(H,99,120)(H,100,124)(H,101,134)(H,102,127)(H,103,132)(H,104,135)(H,105,136)(H,106,137)(H,107,125)(H,108,126)(H,109,133)(H,110,129)(H,111,131)(H,112,128)(H,113,130)(H,121,122)(H,138,139)/t49-,50+,58-,60?,61-,62?,63-,64-,65?,66?,67-,68?,69?,70-,74-,75-,76-,77?/m0/s1. The third-order valence-electron chi connectivity index (χ3n) is 22.8. The molecule has 1 saturated heterocycles. The van der Waals surface area contributed by atoms with Gasteiger partial charge in [-0.15, -0.1) is 0 Å². The van der Waals surface area contributed by atoms with Crippen molar-refractivity contribution in [3.63, 3.8) is 0 Å². The number of hydrogen-bond acceptors (Lipinski definition) is 28. The van der Waals surface area contributed by atoms with Crippen molar-refractivity contribution in [1.82, 2.24) is 90.1 Å². The summed E-state index contributed by atoms with van der Waals surface area (Å²) in [6, 6.07) is -2.38. The molecule has 1 aliphatic rings. The number of phenols is 2. The van der Waals surface area contributed by atoms with E-state index >= 15 is 19.2 Å². The van der Waals surface area contributed by atoms with Crippen LogP contribution in [0.25, 0.3) is 10.9 Å². The maximum atomic E-state index is 15.2. The number of hydrogen-bond donors (Lipinski definition) is 27. The maximum absolute atomic E-state index is 15.2. The number of nitrogens with two attached hydrogens (primary N) is 3. The van der Waals surface area contributed by atoms with Gasteiger partial charge in [0.05, 0.1) is 38.3 Å². The lowest BCUT2D eigenvalue weighted by Crippen LogP contribution is -2.63. The first-order chi connectivity index (χ1) is 66.7. The van der Waals surface area contributed by atoms with E-state index < -0.39 is 291 Å². The number of nitrogens with one attached hydrogen (secondary N) is 17. The van der Waals surface area contributed by atoms with Gasteiger partial charge in [0.2, 0.25) is 100 Å². The summed E-state index contributed by atoms with van der Waals surface area (Å²) in [6.45, 7) is 10.9. The van der Waals surface area contributed by atoms with Gasteiger partial charge in [-0.1, -0.05) is 156 Å². The van der Waals surface area contributed by atoms with Gasteiger partial charge >= 0.3 is 11.9 Å². The van der Waals surface area contributed by atoms with E-state index in [2.05, 4.69) is 90.1 Å². The van der Waals surface area contributed by atoms with Crippen LogP contribution in [0.2, 0.25) is 0 Å². The molecule has 48 heteroatoms. The first-order valence-electron chi connectivity index (χ1n) is 46.0. The lowest BCUT2D eigenvalue weighted by atomic mass is 9.95. The molecule has 46 nitrogen and oxygen atoms in total. The Kier molecular flexibility index (Phi) is 47.7. The van der Waals surface area contributed by atoms with Crippen LogP contribution in [0.5, 0.6) is 11.5 Å². The van der Waals surface area contributed by atoms with Crippen LogP contribution in [-0.2, 0) is 117 Å². The SMILES string of the molecule is CC[C@H](C)[C@@H]1NC(=O)C(CC(C)C)NC(=O)[C@H](C(C)C)NC(=O)C(Cc2ccc(O)cc2)NC(=O)[C@H](CC(=O)O)NC(=O)C([C@@H](C)O)NC(=O)[C@H](Cc2ccccc2)NC(=O)C(CO)NC(=O)[C@H](Cc2ccc(O)cc2)NC(=O)CNC(=O)[C@@H](N)CSSC[C@@H](C(=O)O)NC(=O)C(CO)NC(=O)[C@H](CCC(N)=O)NC(=O)C(CCCCN)NC(=O)[C@H](C(C)C)NC(=O)C(Cc2c[nH]c3ccccc23)NC1=O. The number of primary amides is 1. The number of fused-ring (bicyclic) bond motifs is 1. The summed E-state index contributed by atoms with van der Waals surface area (Å²) in [5.74, 6) is -26.0. The number of aliphatic carboxylic acids is 2. The molecule has 30 N–H and O–H groups in total. The molecule has 1 fully saturated rings. The molecule has 7 unspecified atom stereocenters. The number of carbonyl (C=O) groups excluding carboxylic acids is 17. The zero-order valence-corrected chi connectivity index (χ0v) is 81.3. The van der Waals surface area contributed by atoms with Crippen LogP contribution in [0.4, 0.5) is 0 Å². The predicted molar refractivity (Wildman–Crippen MR) is 516 cm³/mol. The minimum Gasteiger partial charge on any atom is -0.508 e. The van der Waals surface area contributed by atoms with Crippen molar-refractivity contribution < 1.29 is 127 Å². The van der Waals surface area contributed by atoms with Crippen LogP contribution >= 0.6 is 21.6 Å². The molecular weight excluding hydrogens is 1880 g/mol. The van der Waals surface area contributed by atoms with Crippen LogP contribution in [0, 0.1) is 23.7 Å². The molecule has 18 atom stereocenters. The monoisotopic (exact) mass is 2010 g/mol. The van der Waals surface area contributed by atoms with Gasteiger partial charge in [-0.25, -0.2) is 4.79 Å². The van der Waals surface area contributed by atoms with E-state index in [-0.39, 0.29) is 73.8 Å². The fourth-order valence-electron chi connectivity index (χ4n) is 14.6. The first kappa shape index (κ1) is 116. The van der Waals surface area contributed by atoms with Crippen LogP contribution in [0.1, 0.15) is 136 Å². The summed E-state index contributed by atoms with van der Waals surface area (Å²) in [7, 11) is 1.61. The molecule has 2 heterocycles. The molecule has 17 amide bonds. The van der Waals surface area contributed by atoms with E-state index in [0.29, 0.717) is 34.0 Å². The number of aliphatic hydroxyl groups is 3. The van der Waals surface area contributed by atoms with Gasteiger partial charge in [0.1, 0.15) is 102 Å². The van der Waals surface area contributed by atoms with E-state index in [1.54, 1.807) is 90.2 Å². The number of rotatable bonds is 27. The number of carboxylic acids is 2. The van der Waals surface area contributed by atoms with Crippen LogP contribution in [0.15, 0.2) is 109 Å². The molecule has 0 saturated carbocycles. The van der Waals surface area contributed by atoms with E-state index in [1.807, 2.05) is 0 Å². The Balaban J connectivity index is 1.41. The third-order valence-corrected chi connectivity index (χ3v) is 25.3. The Labute approximate surface area is 821 Å². The van der Waals surface area contributed by atoms with Gasteiger partial charge < -0.3 is 143 Å². The van der Waals surface area contributed by atoms with Gasteiger partial charge in [0.25, 0.3) is 0 Å². The predicted octanol–water partition coefficient (Wildman–Crippen LogP) is -4.32. The van der Waals surface area contributed by atoms with Gasteiger partial charge in [-0.3, -0.25) is 86.3 Å². The third kappa shape index (κ3) is 38.2. The van der Waals surface area contributed by atoms with Crippen molar-refractivity contribution in [3.8, 4) is 11.5 Å². The molecule has 0 bridgehead atoms. The van der Waals surface area contributed by atoms with Crippen LogP contribution in [-0.4, -0.2) is 294 Å². The van der Waals surface area contributed by atoms with Crippen LogP contribution < -0.4 is 102 Å². The molecule has 4 aromatic carbocycles. The smallest absolute Gasteiger partial charge is 0.327 e. The number of aromatic hydroxyl groups is 2. The number of aromatic nitrogens is 1. The number of carboxylic acid groups (broad SMARTS) is 2. The largest absolute Gasteiger partial charge is 0.508 e. The number of aliphatic hydroxyl groups excluding tert-OH is 3. The molecule has 0 spiro atoms. The van der Waals surface area contributed by atoms with E-state index in [4.69, 9.17) is 17.2 Å². The summed E-state index contributed by atoms with van der Waals surface area (Å²) >= 11 is 0. The Morgan fingerprint density at radius 2 is 0.823 bits per heavy atom. The number of benzene rings is 4. The summed E-state index contributed by atoms with van der Waals surface area (Å²) in [4.78, 5) is 274. The zero-order valence-electron chi connectivity index (χ0n) is 79.7. The molecule has 6 rings (SSSR count). The van der Waals surface area contributed by atoms with Crippen molar-refractivity contribution in [2.45, 2.75) is 242 Å². The molecular formula is C93H132N20O26S2. The molecule has 1 aliphatic heterocycles. The Morgan fingerprint density at radius 1 is 0.426 bits per heavy atom. The van der Waals surface area contributed by atoms with Crippen molar-refractivity contribution in [3.05, 3.63) is 132 Å². The second-order valence-electron chi connectivity index (χ2n) is 35.4. The summed E-state index contributed by atoms with van der Waals surface area (Å²) in [5, 5.41) is 114. The minimum atomic E-state index is -2.16. The summed E-state index contributed by atoms with van der Waals surface area (Å²) in [6.07, 6.45) is -3.79. The maximum Gasteiger partial charge on any atom is 0.327 e. The van der Waals surface area contributed by atoms with Gasteiger partial charge in [-0.05, 0) is 122 Å². The highest BCUT2D eigenvalue weighted by molar-refractivity contribution is 8.76. The summed E-state index contributed by atoms with van der Waals surface area (Å²) in [5.41, 5.74) is 19.6. The number of aromatic amines is 1. The second-order valence-corrected chi connectivity index (χ2v) is 38.0. The minimum absolute atomic E-state index is 0.108. The number of para-hydroxylation sites is 1. The van der Waals surface area contributed by atoms with Gasteiger partial charge in [0.15, 0.2) is 0 Å². The number of H-pyrrole nitrogens is 1. The molecule has 1 aromatic heterocycles. The van der Waals surface area contributed by atoms with E-state index in [9.17, 15) is 108 Å². The quantitative estimate of drug-likeness (QED) is 0.0175. The Morgan fingerprint density at radius 3 is 1.32 bits per heavy atom. The average Bonchev–Trinajstić information content (AvgIpc) is 1.79. The van der Waals surface area contributed by atoms with E-state index in [0.717, 1.165) is 28.5 Å². The fraction of sp³-hybridized carbons (Fsp3) is 0.516. The van der Waals surface area contributed by atoms with Gasteiger partial charge in [-0.2, -0.15) is 0 Å². The van der Waals surface area contributed by atoms with Crippen molar-refractivity contribution in [2.75, 3.05) is 37.8 Å². The van der Waals surface area contributed by atoms with Crippen molar-refractivity contribution in [2.24, 2.45) is 40.9 Å². The highest BCUT2D eigenvalue weighted by Crippen LogP contribution is 2.25. The van der Waals surface area contributed by atoms with Crippen LogP contribution in [0.3, 0.4) is 0 Å². The number of carbonyl (C=O) groups is 19. The molecule has 141 heavy (non-hydrogen) atoms. The van der Waals surface area contributed by atoms with Crippen molar-refractivity contribution in [1.29, 1.82) is 0 Å². The normalized spacial score (nSPS) is 24.7. The molecule has 0 aliphatic carbocycles. The second kappa shape index (κ2) is 57.9. The highest BCUT2D eigenvalue weighted by Gasteiger charge is 2.42. The topological polar surface area (TPSA) is 752 Å². The Hall–Kier alpha value is -13.5. The molecule has 5 aromatic rings. The number of phenolic OH excluding ortho intramolecular Hbond substituents is 2. The number of unbranched alkanes of at least 4 members (excludes halogenated alkanes) is 1. The molecule has 772 valence electrons. The first-order valence-corrected chi connectivity index (χ1v) is 48.5. The van der Waals surface area contributed by atoms with Gasteiger partial charge in [0, 0.05) is 60.7 Å². The fourth-order valence-corrected chi connectivity index (χ4v) is 16.9. The lowest BCUT2D eigenvalue weighted by Gasteiger charge is -2.31. The highest BCUT2D eigenvalue weighted by atomic mass is 33.1. The number of amides is 17. The Bertz CT molecular complexity index is 5130. The molecule has 0 radical (unpaired) electrons. The zero-order chi connectivity index (χ0) is 105. The van der Waals surface area contributed by atoms with E-state index in [1.165, 1.54) is 74.5 Å². The van der Waals surface area contributed by atoms with Crippen molar-refractivity contribution >= 4 is 145 Å².